The highest BCUT2D eigenvalue weighted by Crippen LogP contribution is 2.33. The maximum absolute atomic E-state index is 12.6. The van der Waals surface area contributed by atoms with Crippen LogP contribution in [0, 0.1) is 11.8 Å². The lowest BCUT2D eigenvalue weighted by molar-refractivity contribution is -0.150. The minimum Gasteiger partial charge on any atom is -0.481 e. The minimum atomic E-state index is -0.934. The van der Waals surface area contributed by atoms with Gasteiger partial charge in [0.15, 0.2) is 0 Å². The van der Waals surface area contributed by atoms with Gasteiger partial charge in [0, 0.05) is 27.7 Å². The summed E-state index contributed by atoms with van der Waals surface area (Å²) in [4.78, 5) is 38.4. The predicted molar refractivity (Wildman–Crippen MR) is 75.6 cm³/mol. The normalized spacial score (nSPS) is 21.1. The highest BCUT2D eigenvalue weighted by atomic mass is 16.5. The van der Waals surface area contributed by atoms with Gasteiger partial charge in [0.2, 0.25) is 11.8 Å². The van der Waals surface area contributed by atoms with Crippen LogP contribution >= 0.6 is 0 Å². The molecule has 7 nitrogen and oxygen atoms in total. The van der Waals surface area contributed by atoms with Crippen molar-refractivity contribution >= 4 is 17.8 Å². The van der Waals surface area contributed by atoms with Crippen LogP contribution in [0.2, 0.25) is 0 Å². The average molecular weight is 300 g/mol. The Bertz CT molecular complexity index is 397. The first-order valence-electron chi connectivity index (χ1n) is 7.09. The second-order valence-electron chi connectivity index (χ2n) is 5.52. The van der Waals surface area contributed by atoms with Gasteiger partial charge in [-0.15, -0.1) is 0 Å². The summed E-state index contributed by atoms with van der Waals surface area (Å²) in [5.41, 5.74) is 0. The summed E-state index contributed by atoms with van der Waals surface area (Å²) in [6.07, 6.45) is 1.81. The summed E-state index contributed by atoms with van der Waals surface area (Å²) in [6.45, 7) is 0.562. The Kier molecular flexibility index (Phi) is 6.61. The Hall–Kier alpha value is -1.63. The van der Waals surface area contributed by atoms with E-state index in [2.05, 4.69) is 0 Å². The summed E-state index contributed by atoms with van der Waals surface area (Å²) in [5.74, 6) is -2.56. The minimum absolute atomic E-state index is 0.0436. The van der Waals surface area contributed by atoms with Gasteiger partial charge in [-0.1, -0.05) is 6.42 Å². The molecule has 0 aromatic rings. The van der Waals surface area contributed by atoms with E-state index in [4.69, 9.17) is 4.74 Å². The molecule has 2 amide bonds. The molecule has 0 saturated heterocycles. The summed E-state index contributed by atoms with van der Waals surface area (Å²) in [6, 6.07) is 0. The summed E-state index contributed by atoms with van der Waals surface area (Å²) in [5, 5.41) is 9.19. The molecule has 0 spiro atoms. The van der Waals surface area contributed by atoms with Crippen molar-refractivity contribution in [2.24, 2.45) is 11.8 Å². The van der Waals surface area contributed by atoms with Crippen molar-refractivity contribution in [3.63, 3.8) is 0 Å². The van der Waals surface area contributed by atoms with E-state index in [-0.39, 0.29) is 24.9 Å². The quantitative estimate of drug-likeness (QED) is 0.718. The standard InChI is InChI=1S/C14H24N2O5/c1-15(2)12(17)9-16(7-8-21-3)13(18)10-5-4-6-11(10)14(19)20/h10-11H,4-9H2,1-3H3,(H,19,20). The molecular weight excluding hydrogens is 276 g/mol. The van der Waals surface area contributed by atoms with Crippen LogP contribution in [0.4, 0.5) is 0 Å². The Balaban J connectivity index is 2.78. The summed E-state index contributed by atoms with van der Waals surface area (Å²) in [7, 11) is 4.76. The molecule has 1 rings (SSSR count). The number of hydrogen-bond acceptors (Lipinski definition) is 4. The summed E-state index contributed by atoms with van der Waals surface area (Å²) >= 11 is 0. The fourth-order valence-electron chi connectivity index (χ4n) is 2.56. The highest BCUT2D eigenvalue weighted by Gasteiger charge is 2.40. The van der Waals surface area contributed by atoms with Crippen molar-refractivity contribution in [2.75, 3.05) is 40.9 Å². The predicted octanol–water partition coefficient (Wildman–Crippen LogP) is 0.0505. The van der Waals surface area contributed by atoms with Gasteiger partial charge in [0.25, 0.3) is 0 Å². The maximum atomic E-state index is 12.6. The molecule has 0 aromatic carbocycles. The smallest absolute Gasteiger partial charge is 0.307 e. The third-order valence-corrected chi connectivity index (χ3v) is 3.85. The number of carboxylic acids is 1. The SMILES string of the molecule is COCCN(CC(=O)N(C)C)C(=O)C1CCCC1C(=O)O. The molecule has 0 radical (unpaired) electrons. The van der Waals surface area contributed by atoms with E-state index in [0.717, 1.165) is 6.42 Å². The van der Waals surface area contributed by atoms with Crippen molar-refractivity contribution < 1.29 is 24.2 Å². The number of methoxy groups -OCH3 is 1. The van der Waals surface area contributed by atoms with Crippen LogP contribution in [0.3, 0.4) is 0 Å². The second kappa shape index (κ2) is 7.97. The molecule has 21 heavy (non-hydrogen) atoms. The molecule has 0 heterocycles. The molecule has 2 atom stereocenters. The first kappa shape index (κ1) is 17.4. The van der Waals surface area contributed by atoms with Gasteiger partial charge in [0.1, 0.15) is 0 Å². The van der Waals surface area contributed by atoms with Gasteiger partial charge in [-0.25, -0.2) is 0 Å². The third-order valence-electron chi connectivity index (χ3n) is 3.85. The van der Waals surface area contributed by atoms with Gasteiger partial charge in [-0.3, -0.25) is 14.4 Å². The lowest BCUT2D eigenvalue weighted by Gasteiger charge is -2.27. The molecule has 1 N–H and O–H groups in total. The number of carbonyl (C=O) groups is 3. The molecule has 1 aliphatic carbocycles. The van der Waals surface area contributed by atoms with Gasteiger partial charge >= 0.3 is 5.97 Å². The van der Waals surface area contributed by atoms with Crippen LogP contribution in [-0.2, 0) is 19.1 Å². The van der Waals surface area contributed by atoms with E-state index in [1.807, 2.05) is 0 Å². The number of likely N-dealkylation sites (N-methyl/N-ethyl adjacent to an activating group) is 1. The third kappa shape index (κ3) is 4.70. The van der Waals surface area contributed by atoms with Gasteiger partial charge in [-0.05, 0) is 12.8 Å². The zero-order valence-corrected chi connectivity index (χ0v) is 12.9. The number of aliphatic carboxylic acids is 1. The van der Waals surface area contributed by atoms with Crippen LogP contribution in [0.25, 0.3) is 0 Å². The maximum Gasteiger partial charge on any atom is 0.307 e. The van der Waals surface area contributed by atoms with Crippen molar-refractivity contribution in [2.45, 2.75) is 19.3 Å². The van der Waals surface area contributed by atoms with Crippen LogP contribution < -0.4 is 0 Å². The molecule has 0 aliphatic heterocycles. The van der Waals surface area contributed by atoms with Crippen molar-refractivity contribution in [1.29, 1.82) is 0 Å². The number of amides is 2. The van der Waals surface area contributed by atoms with Crippen LogP contribution in [-0.4, -0.2) is 73.6 Å². The second-order valence-corrected chi connectivity index (χ2v) is 5.52. The van der Waals surface area contributed by atoms with E-state index >= 15 is 0 Å². The molecule has 0 aromatic heterocycles. The van der Waals surface area contributed by atoms with Crippen LogP contribution in [0.5, 0.6) is 0 Å². The first-order valence-corrected chi connectivity index (χ1v) is 7.09. The zero-order valence-electron chi connectivity index (χ0n) is 12.9. The van der Waals surface area contributed by atoms with E-state index in [0.29, 0.717) is 19.4 Å². The van der Waals surface area contributed by atoms with E-state index in [1.165, 1.54) is 16.9 Å². The van der Waals surface area contributed by atoms with Crippen LogP contribution in [0.15, 0.2) is 0 Å². The Morgan fingerprint density at radius 1 is 1.19 bits per heavy atom. The lowest BCUT2D eigenvalue weighted by Crippen LogP contribution is -2.45. The zero-order chi connectivity index (χ0) is 16.0. The molecule has 2 unspecified atom stereocenters. The van der Waals surface area contributed by atoms with Crippen molar-refractivity contribution in [1.82, 2.24) is 9.80 Å². The van der Waals surface area contributed by atoms with E-state index in [9.17, 15) is 19.5 Å². The Labute approximate surface area is 124 Å². The molecule has 1 aliphatic rings. The molecule has 0 bridgehead atoms. The van der Waals surface area contributed by atoms with Gasteiger partial charge in [-0.2, -0.15) is 0 Å². The van der Waals surface area contributed by atoms with E-state index < -0.39 is 17.8 Å². The molecular formula is C14H24N2O5. The highest BCUT2D eigenvalue weighted by molar-refractivity contribution is 5.88. The average Bonchev–Trinajstić information content (AvgIpc) is 2.91. The lowest BCUT2D eigenvalue weighted by atomic mass is 9.94. The first-order chi connectivity index (χ1) is 9.88. The topological polar surface area (TPSA) is 87.2 Å². The Morgan fingerprint density at radius 2 is 1.81 bits per heavy atom. The number of carboxylic acid groups (broad SMARTS) is 1. The molecule has 1 saturated carbocycles. The van der Waals surface area contributed by atoms with Crippen LogP contribution in [0.1, 0.15) is 19.3 Å². The Morgan fingerprint density at radius 3 is 2.33 bits per heavy atom. The van der Waals surface area contributed by atoms with Gasteiger partial charge in [0.05, 0.1) is 25.0 Å². The number of nitrogens with zero attached hydrogens (tertiary/aromatic N) is 2. The van der Waals surface area contributed by atoms with Gasteiger partial charge < -0.3 is 19.6 Å². The number of rotatable bonds is 7. The molecule has 7 heteroatoms. The van der Waals surface area contributed by atoms with Crippen molar-refractivity contribution in [3.8, 4) is 0 Å². The molecule has 1 fully saturated rings. The number of ether oxygens (including phenoxy) is 1. The molecule has 120 valence electrons. The fourth-order valence-corrected chi connectivity index (χ4v) is 2.56. The van der Waals surface area contributed by atoms with E-state index in [1.54, 1.807) is 14.1 Å². The van der Waals surface area contributed by atoms with Crippen molar-refractivity contribution in [3.05, 3.63) is 0 Å². The largest absolute Gasteiger partial charge is 0.481 e. The number of carbonyl (C=O) groups excluding carboxylic acids is 2. The summed E-state index contributed by atoms with van der Waals surface area (Å²) < 4.78 is 4.97. The monoisotopic (exact) mass is 300 g/mol. The fraction of sp³-hybridized carbons (Fsp3) is 0.786. The number of hydrogen-bond donors (Lipinski definition) is 1.